The van der Waals surface area contributed by atoms with Crippen LogP contribution >= 0.6 is 31.9 Å². The number of halogens is 2. The van der Waals surface area contributed by atoms with Gasteiger partial charge >= 0.3 is 0 Å². The molecule has 112 valence electrons. The number of benzene rings is 2. The fourth-order valence-corrected chi connectivity index (χ4v) is 4.09. The largest absolute Gasteiger partial charge is 0.296 e. The van der Waals surface area contributed by atoms with Gasteiger partial charge in [-0.05, 0) is 49.2 Å². The second kappa shape index (κ2) is 7.05. The maximum Gasteiger partial charge on any atom is 0.296 e. The van der Waals surface area contributed by atoms with Crippen molar-refractivity contribution in [3.05, 3.63) is 62.5 Å². The summed E-state index contributed by atoms with van der Waals surface area (Å²) in [5, 5.41) is 0. The van der Waals surface area contributed by atoms with E-state index in [0.29, 0.717) is 6.42 Å². The Bertz CT molecular complexity index is 705. The molecule has 2 aromatic carbocycles. The summed E-state index contributed by atoms with van der Waals surface area (Å²) in [6.45, 7) is 2.02. The van der Waals surface area contributed by atoms with Crippen LogP contribution in [0, 0.1) is 6.92 Å². The SMILES string of the molecule is Cc1ccc(S(=O)(=O)OCCc2cc(Br)cc(Br)c2)cc1. The molecule has 0 saturated carbocycles. The third-order valence-corrected chi connectivity index (χ3v) is 5.10. The Morgan fingerprint density at radius 3 is 2.14 bits per heavy atom. The lowest BCUT2D eigenvalue weighted by atomic mass is 10.2. The standard InChI is InChI=1S/C15H14Br2O3S/c1-11-2-4-15(5-3-11)21(18,19)20-7-6-12-8-13(16)10-14(17)9-12/h2-5,8-10H,6-7H2,1H3. The lowest BCUT2D eigenvalue weighted by Gasteiger charge is -2.07. The van der Waals surface area contributed by atoms with Gasteiger partial charge in [-0.3, -0.25) is 4.18 Å². The Labute approximate surface area is 141 Å². The van der Waals surface area contributed by atoms with Crippen LogP contribution in [0.5, 0.6) is 0 Å². The molecule has 0 radical (unpaired) electrons. The lowest BCUT2D eigenvalue weighted by Crippen LogP contribution is -2.09. The second-order valence-corrected chi connectivity index (χ2v) is 8.06. The smallest absolute Gasteiger partial charge is 0.266 e. The number of rotatable bonds is 5. The fourth-order valence-electron chi connectivity index (χ4n) is 1.80. The molecular formula is C15H14Br2O3S. The van der Waals surface area contributed by atoms with E-state index in [4.69, 9.17) is 4.18 Å². The van der Waals surface area contributed by atoms with Crippen LogP contribution in [0.4, 0.5) is 0 Å². The highest BCUT2D eigenvalue weighted by Gasteiger charge is 2.14. The van der Waals surface area contributed by atoms with Crippen molar-refractivity contribution in [2.24, 2.45) is 0 Å². The first-order chi connectivity index (χ1) is 9.87. The van der Waals surface area contributed by atoms with Gasteiger partial charge in [-0.25, -0.2) is 0 Å². The van der Waals surface area contributed by atoms with Gasteiger partial charge in [0.15, 0.2) is 0 Å². The maximum absolute atomic E-state index is 12.0. The van der Waals surface area contributed by atoms with Gasteiger partial charge in [-0.2, -0.15) is 8.42 Å². The summed E-state index contributed by atoms with van der Waals surface area (Å²) >= 11 is 6.80. The van der Waals surface area contributed by atoms with E-state index in [-0.39, 0.29) is 11.5 Å². The quantitative estimate of drug-likeness (QED) is 0.653. The van der Waals surface area contributed by atoms with E-state index >= 15 is 0 Å². The zero-order chi connectivity index (χ0) is 15.5. The molecule has 0 bridgehead atoms. The van der Waals surface area contributed by atoms with Crippen LogP contribution in [0.2, 0.25) is 0 Å². The van der Waals surface area contributed by atoms with Gasteiger partial charge in [0.1, 0.15) is 0 Å². The molecule has 0 aromatic heterocycles. The van der Waals surface area contributed by atoms with Crippen molar-refractivity contribution in [1.82, 2.24) is 0 Å². The molecule has 0 aliphatic carbocycles. The van der Waals surface area contributed by atoms with E-state index in [9.17, 15) is 8.42 Å². The van der Waals surface area contributed by atoms with Crippen molar-refractivity contribution >= 4 is 42.0 Å². The fraction of sp³-hybridized carbons (Fsp3) is 0.200. The van der Waals surface area contributed by atoms with E-state index in [1.807, 2.05) is 25.1 Å². The highest BCUT2D eigenvalue weighted by molar-refractivity contribution is 9.11. The molecule has 6 heteroatoms. The van der Waals surface area contributed by atoms with E-state index < -0.39 is 10.1 Å². The average molecular weight is 434 g/mol. The van der Waals surface area contributed by atoms with Gasteiger partial charge in [0.25, 0.3) is 10.1 Å². The molecule has 3 nitrogen and oxygen atoms in total. The minimum Gasteiger partial charge on any atom is -0.266 e. The summed E-state index contributed by atoms with van der Waals surface area (Å²) in [7, 11) is -3.69. The molecule has 0 spiro atoms. The van der Waals surface area contributed by atoms with Crippen molar-refractivity contribution in [3.63, 3.8) is 0 Å². The summed E-state index contributed by atoms with van der Waals surface area (Å²) in [6, 6.07) is 12.4. The summed E-state index contributed by atoms with van der Waals surface area (Å²) in [5.41, 5.74) is 2.00. The first kappa shape index (κ1) is 16.7. The summed E-state index contributed by atoms with van der Waals surface area (Å²) in [5.74, 6) is 0. The molecule has 0 aliphatic rings. The van der Waals surface area contributed by atoms with Crippen LogP contribution in [0.25, 0.3) is 0 Å². The van der Waals surface area contributed by atoms with Crippen LogP contribution in [-0.2, 0) is 20.7 Å². The molecule has 0 fully saturated rings. The van der Waals surface area contributed by atoms with Crippen molar-refractivity contribution in [1.29, 1.82) is 0 Å². The molecule has 0 heterocycles. The van der Waals surface area contributed by atoms with E-state index in [2.05, 4.69) is 31.9 Å². The maximum atomic E-state index is 12.0. The molecule has 21 heavy (non-hydrogen) atoms. The molecule has 2 rings (SSSR count). The van der Waals surface area contributed by atoms with Gasteiger partial charge in [0.2, 0.25) is 0 Å². The van der Waals surface area contributed by atoms with Crippen LogP contribution < -0.4 is 0 Å². The molecule has 0 saturated heterocycles. The highest BCUT2D eigenvalue weighted by atomic mass is 79.9. The van der Waals surface area contributed by atoms with Gasteiger partial charge in [0.05, 0.1) is 11.5 Å². The first-order valence-corrected chi connectivity index (χ1v) is 9.27. The van der Waals surface area contributed by atoms with E-state index in [1.54, 1.807) is 24.3 Å². The minimum absolute atomic E-state index is 0.110. The number of hydrogen-bond donors (Lipinski definition) is 0. The van der Waals surface area contributed by atoms with Crippen molar-refractivity contribution in [2.75, 3.05) is 6.61 Å². The van der Waals surface area contributed by atoms with Crippen molar-refractivity contribution < 1.29 is 12.6 Å². The Morgan fingerprint density at radius 2 is 1.57 bits per heavy atom. The summed E-state index contributed by atoms with van der Waals surface area (Å²) in [4.78, 5) is 0.184. The minimum atomic E-state index is -3.69. The van der Waals surface area contributed by atoms with Crippen LogP contribution in [0.15, 0.2) is 56.3 Å². The van der Waals surface area contributed by atoms with Gasteiger partial charge in [0, 0.05) is 8.95 Å². The summed E-state index contributed by atoms with van der Waals surface area (Å²) < 4.78 is 31.0. The predicted octanol–water partition coefficient (Wildman–Crippen LogP) is 4.47. The predicted molar refractivity (Wildman–Crippen MR) is 89.9 cm³/mol. The zero-order valence-corrected chi connectivity index (χ0v) is 15.3. The number of aryl methyl sites for hydroxylation is 1. The summed E-state index contributed by atoms with van der Waals surface area (Å²) in [6.07, 6.45) is 0.517. The van der Waals surface area contributed by atoms with Gasteiger partial charge < -0.3 is 0 Å². The molecule has 0 atom stereocenters. The average Bonchev–Trinajstić information content (AvgIpc) is 2.37. The van der Waals surface area contributed by atoms with Crippen molar-refractivity contribution in [3.8, 4) is 0 Å². The van der Waals surface area contributed by atoms with E-state index in [0.717, 1.165) is 20.1 Å². The second-order valence-electron chi connectivity index (χ2n) is 4.62. The van der Waals surface area contributed by atoms with Crippen LogP contribution in [-0.4, -0.2) is 15.0 Å². The Hall–Kier alpha value is -0.690. The molecular weight excluding hydrogens is 420 g/mol. The zero-order valence-electron chi connectivity index (χ0n) is 11.3. The molecule has 0 amide bonds. The topological polar surface area (TPSA) is 43.4 Å². The monoisotopic (exact) mass is 432 g/mol. The Kier molecular flexibility index (Phi) is 5.60. The normalized spacial score (nSPS) is 11.6. The molecule has 0 N–H and O–H groups in total. The first-order valence-electron chi connectivity index (χ1n) is 6.28. The van der Waals surface area contributed by atoms with E-state index in [1.165, 1.54) is 0 Å². The Morgan fingerprint density at radius 1 is 1.00 bits per heavy atom. The molecule has 2 aromatic rings. The van der Waals surface area contributed by atoms with Gasteiger partial charge in [-0.1, -0.05) is 49.6 Å². The molecule has 0 aliphatic heterocycles. The van der Waals surface area contributed by atoms with Crippen molar-refractivity contribution in [2.45, 2.75) is 18.2 Å². The molecule has 0 unspecified atom stereocenters. The van der Waals surface area contributed by atoms with Crippen LogP contribution in [0.1, 0.15) is 11.1 Å². The third kappa shape index (κ3) is 4.92. The Balaban J connectivity index is 2.00. The van der Waals surface area contributed by atoms with Crippen LogP contribution in [0.3, 0.4) is 0 Å². The number of hydrogen-bond acceptors (Lipinski definition) is 3. The lowest BCUT2D eigenvalue weighted by molar-refractivity contribution is 0.322. The highest BCUT2D eigenvalue weighted by Crippen LogP contribution is 2.21. The van der Waals surface area contributed by atoms with Gasteiger partial charge in [-0.15, -0.1) is 0 Å². The third-order valence-electron chi connectivity index (χ3n) is 2.86.